The van der Waals surface area contributed by atoms with E-state index in [1.165, 1.54) is 0 Å². The topological polar surface area (TPSA) is 78.0 Å². The lowest BCUT2D eigenvalue weighted by atomic mass is 9.90. The monoisotopic (exact) mass is 311 g/mol. The molecule has 1 saturated heterocycles. The molecule has 3 heterocycles. The predicted octanol–water partition coefficient (Wildman–Crippen LogP) is 1.95. The van der Waals surface area contributed by atoms with Gasteiger partial charge in [-0.2, -0.15) is 5.26 Å². The molecule has 0 unspecified atom stereocenters. The smallest absolute Gasteiger partial charge is 0.146 e. The van der Waals surface area contributed by atoms with Crippen LogP contribution in [-0.4, -0.2) is 32.7 Å². The van der Waals surface area contributed by atoms with Gasteiger partial charge in [0.2, 0.25) is 0 Å². The van der Waals surface area contributed by atoms with Crippen molar-refractivity contribution in [3.63, 3.8) is 0 Å². The maximum Gasteiger partial charge on any atom is 0.146 e. The highest BCUT2D eigenvalue weighted by Crippen LogP contribution is 2.32. The molecule has 2 aromatic heterocycles. The third kappa shape index (κ3) is 2.92. The maximum atomic E-state index is 10.5. The van der Waals surface area contributed by atoms with Gasteiger partial charge in [0.05, 0.1) is 5.56 Å². The van der Waals surface area contributed by atoms with Gasteiger partial charge < -0.3 is 14.6 Å². The molecule has 0 aliphatic carbocycles. The Morgan fingerprint density at radius 3 is 2.65 bits per heavy atom. The molecule has 1 N–H and O–H groups in total. The van der Waals surface area contributed by atoms with Gasteiger partial charge in [-0.1, -0.05) is 0 Å². The molecule has 0 aromatic carbocycles. The van der Waals surface area contributed by atoms with Crippen LogP contribution in [0.2, 0.25) is 0 Å². The van der Waals surface area contributed by atoms with Crippen molar-refractivity contribution in [2.24, 2.45) is 13.0 Å². The van der Waals surface area contributed by atoms with Gasteiger partial charge in [-0.15, -0.1) is 0 Å². The number of aliphatic hydroxyl groups is 1. The minimum atomic E-state index is -0.543. The van der Waals surface area contributed by atoms with E-state index in [0.29, 0.717) is 5.56 Å². The quantitative estimate of drug-likeness (QED) is 0.937. The minimum Gasteiger partial charge on any atom is -0.385 e. The largest absolute Gasteiger partial charge is 0.385 e. The van der Waals surface area contributed by atoms with Gasteiger partial charge in [0.25, 0.3) is 0 Å². The maximum absolute atomic E-state index is 10.5. The van der Waals surface area contributed by atoms with Crippen LogP contribution in [0.3, 0.4) is 0 Å². The van der Waals surface area contributed by atoms with E-state index in [4.69, 9.17) is 0 Å². The van der Waals surface area contributed by atoms with E-state index >= 15 is 0 Å². The van der Waals surface area contributed by atoms with Crippen molar-refractivity contribution < 1.29 is 5.11 Å². The zero-order valence-electron chi connectivity index (χ0n) is 13.5. The summed E-state index contributed by atoms with van der Waals surface area (Å²) < 4.78 is 1.87. The highest BCUT2D eigenvalue weighted by atomic mass is 16.3. The molecule has 6 heteroatoms. The van der Waals surface area contributed by atoms with Crippen molar-refractivity contribution >= 4 is 5.82 Å². The van der Waals surface area contributed by atoms with Gasteiger partial charge in [0.1, 0.15) is 23.8 Å². The van der Waals surface area contributed by atoms with Crippen LogP contribution in [-0.2, 0) is 7.05 Å². The lowest BCUT2D eigenvalue weighted by molar-refractivity contribution is 0.0824. The minimum absolute atomic E-state index is 0.183. The molecule has 6 nitrogen and oxygen atoms in total. The summed E-state index contributed by atoms with van der Waals surface area (Å²) in [6.07, 6.45) is 6.48. The molecular formula is C17H21N5O. The van der Waals surface area contributed by atoms with Gasteiger partial charge in [-0.3, -0.25) is 0 Å². The number of hydrogen-bond donors (Lipinski definition) is 1. The third-order valence-corrected chi connectivity index (χ3v) is 4.66. The Morgan fingerprint density at radius 1 is 1.30 bits per heavy atom. The van der Waals surface area contributed by atoms with E-state index < -0.39 is 6.10 Å². The van der Waals surface area contributed by atoms with Crippen molar-refractivity contribution in [3.8, 4) is 6.07 Å². The Balaban J connectivity index is 1.71. The van der Waals surface area contributed by atoms with Crippen molar-refractivity contribution in [2.45, 2.75) is 25.9 Å². The molecule has 1 aliphatic rings. The fraction of sp³-hybridized carbons (Fsp3) is 0.471. The number of piperidine rings is 1. The molecule has 0 saturated carbocycles. The highest BCUT2D eigenvalue weighted by molar-refractivity contribution is 5.57. The fourth-order valence-corrected chi connectivity index (χ4v) is 3.22. The first-order valence-electron chi connectivity index (χ1n) is 7.87. The number of aryl methyl sites for hydroxylation is 2. The second-order valence-corrected chi connectivity index (χ2v) is 6.10. The lowest BCUT2D eigenvalue weighted by Gasteiger charge is -2.35. The van der Waals surface area contributed by atoms with Gasteiger partial charge in [-0.25, -0.2) is 9.97 Å². The Labute approximate surface area is 136 Å². The SMILES string of the molecule is Cc1ccnc(N2CCC([C@@H](O)c3nccn3C)CC2)c1C#N. The molecule has 23 heavy (non-hydrogen) atoms. The molecule has 0 bridgehead atoms. The van der Waals surface area contributed by atoms with Crippen molar-refractivity contribution in [1.29, 1.82) is 5.26 Å². The van der Waals surface area contributed by atoms with Crippen molar-refractivity contribution in [2.75, 3.05) is 18.0 Å². The summed E-state index contributed by atoms with van der Waals surface area (Å²) in [5.41, 5.74) is 1.60. The van der Waals surface area contributed by atoms with Gasteiger partial charge >= 0.3 is 0 Å². The molecule has 2 aromatic rings. The lowest BCUT2D eigenvalue weighted by Crippen LogP contribution is -2.37. The van der Waals surface area contributed by atoms with Gasteiger partial charge in [0.15, 0.2) is 0 Å². The van der Waals surface area contributed by atoms with Crippen LogP contribution < -0.4 is 4.90 Å². The fourth-order valence-electron chi connectivity index (χ4n) is 3.22. The number of nitrogens with zero attached hydrogens (tertiary/aromatic N) is 5. The number of rotatable bonds is 3. The molecule has 120 valence electrons. The number of anilines is 1. The third-order valence-electron chi connectivity index (χ3n) is 4.66. The van der Waals surface area contributed by atoms with Gasteiger partial charge in [-0.05, 0) is 37.3 Å². The zero-order valence-corrected chi connectivity index (χ0v) is 13.5. The van der Waals surface area contributed by atoms with Crippen LogP contribution in [0, 0.1) is 24.2 Å². The number of aromatic nitrogens is 3. The normalized spacial score (nSPS) is 17.0. The van der Waals surface area contributed by atoms with E-state index in [1.807, 2.05) is 30.8 Å². The number of nitriles is 1. The summed E-state index contributed by atoms with van der Waals surface area (Å²) >= 11 is 0. The summed E-state index contributed by atoms with van der Waals surface area (Å²) in [4.78, 5) is 10.8. The Kier molecular flexibility index (Phi) is 4.30. The molecule has 3 rings (SSSR count). The second-order valence-electron chi connectivity index (χ2n) is 6.10. The zero-order chi connectivity index (χ0) is 16.4. The molecular weight excluding hydrogens is 290 g/mol. The second kappa shape index (κ2) is 6.39. The van der Waals surface area contributed by atoms with Crippen LogP contribution in [0.25, 0.3) is 0 Å². The first kappa shape index (κ1) is 15.5. The molecule has 1 aliphatic heterocycles. The Hall–Kier alpha value is -2.39. The number of pyridine rings is 1. The van der Waals surface area contributed by atoms with Crippen LogP contribution >= 0.6 is 0 Å². The Bertz CT molecular complexity index is 725. The summed E-state index contributed by atoms with van der Waals surface area (Å²) in [5, 5.41) is 19.9. The average Bonchev–Trinajstić information content (AvgIpc) is 3.00. The number of imidazole rings is 1. The molecule has 1 atom stereocenters. The highest BCUT2D eigenvalue weighted by Gasteiger charge is 2.29. The van der Waals surface area contributed by atoms with E-state index in [9.17, 15) is 10.4 Å². The van der Waals surface area contributed by atoms with E-state index in [1.54, 1.807) is 12.4 Å². The number of aliphatic hydroxyl groups excluding tert-OH is 1. The number of hydrogen-bond acceptors (Lipinski definition) is 5. The van der Waals surface area contributed by atoms with Crippen molar-refractivity contribution in [1.82, 2.24) is 14.5 Å². The van der Waals surface area contributed by atoms with Crippen molar-refractivity contribution in [3.05, 3.63) is 41.6 Å². The molecule has 0 amide bonds. The average molecular weight is 311 g/mol. The summed E-state index contributed by atoms with van der Waals surface area (Å²) in [7, 11) is 1.90. The summed E-state index contributed by atoms with van der Waals surface area (Å²) in [5.74, 6) is 1.66. The Morgan fingerprint density at radius 2 is 2.04 bits per heavy atom. The van der Waals surface area contributed by atoms with Gasteiger partial charge in [0, 0.05) is 38.7 Å². The molecule has 0 spiro atoms. The van der Waals surface area contributed by atoms with Crippen LogP contribution in [0.5, 0.6) is 0 Å². The standard InChI is InChI=1S/C17H21N5O/c1-12-3-6-19-16(14(12)11-18)22-8-4-13(5-9-22)15(23)17-20-7-10-21(17)2/h3,6-7,10,13,15,23H,4-5,8-9H2,1-2H3/t15-/m1/s1. The van der Waals surface area contributed by atoms with Crippen LogP contribution in [0.15, 0.2) is 24.7 Å². The first-order valence-corrected chi connectivity index (χ1v) is 7.87. The predicted molar refractivity (Wildman–Crippen MR) is 86.8 cm³/mol. The summed E-state index contributed by atoms with van der Waals surface area (Å²) in [6.45, 7) is 3.51. The molecule has 0 radical (unpaired) electrons. The van der Waals surface area contributed by atoms with E-state index in [-0.39, 0.29) is 5.92 Å². The molecule has 1 fully saturated rings. The summed E-state index contributed by atoms with van der Waals surface area (Å²) in [6, 6.07) is 4.12. The first-order chi connectivity index (χ1) is 11.1. The van der Waals surface area contributed by atoms with E-state index in [0.717, 1.165) is 43.1 Å². The van der Waals surface area contributed by atoms with Crippen LogP contribution in [0.1, 0.15) is 35.9 Å². The van der Waals surface area contributed by atoms with Crippen LogP contribution in [0.4, 0.5) is 5.82 Å². The van der Waals surface area contributed by atoms with E-state index in [2.05, 4.69) is 20.9 Å².